The van der Waals surface area contributed by atoms with E-state index in [9.17, 15) is 4.79 Å². The molecule has 0 unspecified atom stereocenters. The van der Waals surface area contributed by atoms with Crippen LogP contribution in [0.1, 0.15) is 19.5 Å². The highest BCUT2D eigenvalue weighted by atomic mass is 16.6. The Balaban J connectivity index is 2.62. The second-order valence-corrected chi connectivity index (χ2v) is 3.14. The molecule has 1 aromatic heterocycles. The zero-order valence-electron chi connectivity index (χ0n) is 9.53. The first kappa shape index (κ1) is 12.3. The molecule has 88 valence electrons. The van der Waals surface area contributed by atoms with Gasteiger partial charge in [0.05, 0.1) is 12.3 Å². The van der Waals surface area contributed by atoms with Gasteiger partial charge >= 0.3 is 5.97 Å². The van der Waals surface area contributed by atoms with Gasteiger partial charge in [-0.15, -0.1) is 0 Å². The van der Waals surface area contributed by atoms with Crippen molar-refractivity contribution in [2.24, 2.45) is 0 Å². The highest BCUT2D eigenvalue weighted by molar-refractivity contribution is 5.71. The summed E-state index contributed by atoms with van der Waals surface area (Å²) >= 11 is 0. The van der Waals surface area contributed by atoms with Crippen LogP contribution in [0.15, 0.2) is 12.1 Å². The SMILES string of the molecule is CCOC(=O)COc1nc(CC)ccc1N. The number of hydrogen-bond acceptors (Lipinski definition) is 5. The summed E-state index contributed by atoms with van der Waals surface area (Å²) < 4.78 is 9.91. The largest absolute Gasteiger partial charge is 0.464 e. The predicted octanol–water partition coefficient (Wildman–Crippen LogP) is 1.17. The standard InChI is InChI=1S/C11H16N2O3/c1-3-8-5-6-9(12)11(13-8)16-7-10(14)15-4-2/h5-6H,3-4,7,12H2,1-2H3. The highest BCUT2D eigenvalue weighted by Gasteiger charge is 2.07. The van der Waals surface area contributed by atoms with Crippen molar-refractivity contribution >= 4 is 11.7 Å². The number of hydrogen-bond donors (Lipinski definition) is 1. The van der Waals surface area contributed by atoms with Gasteiger partial charge in [-0.3, -0.25) is 0 Å². The van der Waals surface area contributed by atoms with Gasteiger partial charge in [0.25, 0.3) is 0 Å². The van der Waals surface area contributed by atoms with Crippen molar-refractivity contribution in [2.45, 2.75) is 20.3 Å². The van der Waals surface area contributed by atoms with E-state index >= 15 is 0 Å². The Hall–Kier alpha value is -1.78. The van der Waals surface area contributed by atoms with E-state index in [1.165, 1.54) is 0 Å². The number of anilines is 1. The fourth-order valence-corrected chi connectivity index (χ4v) is 1.13. The van der Waals surface area contributed by atoms with E-state index in [1.807, 2.05) is 13.0 Å². The summed E-state index contributed by atoms with van der Waals surface area (Å²) in [5.74, 6) is -0.141. The van der Waals surface area contributed by atoms with Crippen LogP contribution in [0.25, 0.3) is 0 Å². The predicted molar refractivity (Wildman–Crippen MR) is 60.2 cm³/mol. The van der Waals surface area contributed by atoms with Crippen LogP contribution in [0.5, 0.6) is 5.88 Å². The third kappa shape index (κ3) is 3.42. The lowest BCUT2D eigenvalue weighted by molar-refractivity contribution is -0.145. The highest BCUT2D eigenvalue weighted by Crippen LogP contribution is 2.18. The summed E-state index contributed by atoms with van der Waals surface area (Å²) in [7, 11) is 0. The third-order valence-corrected chi connectivity index (χ3v) is 1.94. The maximum absolute atomic E-state index is 11.1. The number of nitrogens with two attached hydrogens (primary N) is 1. The van der Waals surface area contributed by atoms with E-state index in [0.717, 1.165) is 12.1 Å². The van der Waals surface area contributed by atoms with Crippen LogP contribution in [-0.4, -0.2) is 24.2 Å². The molecule has 0 bridgehead atoms. The topological polar surface area (TPSA) is 74.4 Å². The van der Waals surface area contributed by atoms with Crippen LogP contribution < -0.4 is 10.5 Å². The van der Waals surface area contributed by atoms with Crippen LogP contribution in [0.3, 0.4) is 0 Å². The Morgan fingerprint density at radius 2 is 2.19 bits per heavy atom. The quantitative estimate of drug-likeness (QED) is 0.760. The zero-order chi connectivity index (χ0) is 12.0. The molecule has 16 heavy (non-hydrogen) atoms. The molecular formula is C11H16N2O3. The summed E-state index contributed by atoms with van der Waals surface area (Å²) in [5, 5.41) is 0. The molecule has 0 aliphatic rings. The normalized spacial score (nSPS) is 9.88. The second kappa shape index (κ2) is 5.95. The van der Waals surface area contributed by atoms with Gasteiger partial charge in [-0.1, -0.05) is 6.92 Å². The summed E-state index contributed by atoms with van der Waals surface area (Å²) in [4.78, 5) is 15.2. The molecule has 0 atom stereocenters. The lowest BCUT2D eigenvalue weighted by atomic mass is 10.3. The molecule has 0 spiro atoms. The van der Waals surface area contributed by atoms with Crippen molar-refractivity contribution in [2.75, 3.05) is 18.9 Å². The van der Waals surface area contributed by atoms with Gasteiger partial charge in [-0.05, 0) is 25.5 Å². The monoisotopic (exact) mass is 224 g/mol. The van der Waals surface area contributed by atoms with Crippen LogP contribution in [-0.2, 0) is 16.0 Å². The smallest absolute Gasteiger partial charge is 0.344 e. The number of aromatic nitrogens is 1. The summed E-state index contributed by atoms with van der Waals surface area (Å²) in [6.45, 7) is 3.88. The van der Waals surface area contributed by atoms with Gasteiger partial charge < -0.3 is 15.2 Å². The minimum atomic E-state index is -0.425. The van der Waals surface area contributed by atoms with Gasteiger partial charge in [0.15, 0.2) is 6.61 Å². The molecule has 0 fully saturated rings. The summed E-state index contributed by atoms with van der Waals surface area (Å²) in [6, 6.07) is 3.54. The number of nitrogens with zero attached hydrogens (tertiary/aromatic N) is 1. The maximum Gasteiger partial charge on any atom is 0.344 e. The van der Waals surface area contributed by atoms with Crippen LogP contribution in [0.2, 0.25) is 0 Å². The van der Waals surface area contributed by atoms with E-state index < -0.39 is 5.97 Å². The van der Waals surface area contributed by atoms with E-state index in [2.05, 4.69) is 4.98 Å². The molecular weight excluding hydrogens is 208 g/mol. The Kier molecular flexibility index (Phi) is 4.57. The molecule has 0 amide bonds. The zero-order valence-corrected chi connectivity index (χ0v) is 9.53. The van der Waals surface area contributed by atoms with Crippen LogP contribution in [0, 0.1) is 0 Å². The van der Waals surface area contributed by atoms with Crippen molar-refractivity contribution in [1.29, 1.82) is 0 Å². The number of carbonyl (C=O) groups excluding carboxylic acids is 1. The van der Waals surface area contributed by atoms with E-state index in [1.54, 1.807) is 13.0 Å². The number of carbonyl (C=O) groups is 1. The van der Waals surface area contributed by atoms with Gasteiger partial charge in [0.1, 0.15) is 0 Å². The third-order valence-electron chi connectivity index (χ3n) is 1.94. The Morgan fingerprint density at radius 3 is 2.81 bits per heavy atom. The van der Waals surface area contributed by atoms with Crippen molar-refractivity contribution < 1.29 is 14.3 Å². The second-order valence-electron chi connectivity index (χ2n) is 3.14. The molecule has 0 saturated heterocycles. The summed E-state index contributed by atoms with van der Waals surface area (Å²) in [6.07, 6.45) is 0.788. The average Bonchev–Trinajstić information content (AvgIpc) is 2.28. The number of esters is 1. The number of aryl methyl sites for hydroxylation is 1. The van der Waals surface area contributed by atoms with Gasteiger partial charge in [-0.2, -0.15) is 0 Å². The number of pyridine rings is 1. The molecule has 0 radical (unpaired) electrons. The number of nitrogen functional groups attached to an aromatic ring is 1. The van der Waals surface area contributed by atoms with Crippen LogP contribution >= 0.6 is 0 Å². The molecule has 1 aromatic rings. The lowest BCUT2D eigenvalue weighted by Crippen LogP contribution is -2.16. The van der Waals surface area contributed by atoms with Gasteiger partial charge in [-0.25, -0.2) is 9.78 Å². The Morgan fingerprint density at radius 1 is 1.44 bits per heavy atom. The maximum atomic E-state index is 11.1. The number of rotatable bonds is 5. The van der Waals surface area contributed by atoms with Crippen molar-refractivity contribution in [3.63, 3.8) is 0 Å². The van der Waals surface area contributed by atoms with E-state index in [4.69, 9.17) is 15.2 Å². The fraction of sp³-hybridized carbons (Fsp3) is 0.455. The lowest BCUT2D eigenvalue weighted by Gasteiger charge is -2.08. The molecule has 0 saturated carbocycles. The minimum Gasteiger partial charge on any atom is -0.464 e. The number of ether oxygens (including phenoxy) is 2. The minimum absolute atomic E-state index is 0.168. The molecule has 5 heteroatoms. The van der Waals surface area contributed by atoms with E-state index in [-0.39, 0.29) is 12.5 Å². The van der Waals surface area contributed by atoms with Crippen molar-refractivity contribution in [3.05, 3.63) is 17.8 Å². The van der Waals surface area contributed by atoms with Gasteiger partial charge in [0, 0.05) is 5.69 Å². The molecule has 1 heterocycles. The molecule has 0 aromatic carbocycles. The summed E-state index contributed by atoms with van der Waals surface area (Å²) in [5.41, 5.74) is 6.95. The van der Waals surface area contributed by atoms with Crippen molar-refractivity contribution in [1.82, 2.24) is 4.98 Å². The molecule has 2 N–H and O–H groups in total. The van der Waals surface area contributed by atoms with Gasteiger partial charge in [0.2, 0.25) is 5.88 Å². The molecule has 1 rings (SSSR count). The molecule has 0 aliphatic carbocycles. The van der Waals surface area contributed by atoms with Crippen LogP contribution in [0.4, 0.5) is 5.69 Å². The first-order chi connectivity index (χ1) is 7.67. The first-order valence-corrected chi connectivity index (χ1v) is 5.21. The Bertz CT molecular complexity index is 366. The Labute approximate surface area is 94.6 Å². The van der Waals surface area contributed by atoms with E-state index in [0.29, 0.717) is 12.3 Å². The molecule has 5 nitrogen and oxygen atoms in total. The fourth-order valence-electron chi connectivity index (χ4n) is 1.13. The average molecular weight is 224 g/mol. The molecule has 0 aliphatic heterocycles. The van der Waals surface area contributed by atoms with Crippen molar-refractivity contribution in [3.8, 4) is 5.88 Å². The first-order valence-electron chi connectivity index (χ1n) is 5.21.